The summed E-state index contributed by atoms with van der Waals surface area (Å²) >= 11 is 0. The van der Waals surface area contributed by atoms with Gasteiger partial charge in [0, 0.05) is 12.0 Å². The fraction of sp³-hybridized carbons (Fsp3) is 0.600. The molecule has 4 aliphatic carbocycles. The van der Waals surface area contributed by atoms with Gasteiger partial charge in [0.2, 0.25) is 0 Å². The van der Waals surface area contributed by atoms with Crippen molar-refractivity contribution in [2.75, 3.05) is 0 Å². The Morgan fingerprint density at radius 3 is 2.12 bits per heavy atom. The average molecular weight is 342 g/mol. The topological polar surface area (TPSA) is 78.4 Å². The van der Waals surface area contributed by atoms with Gasteiger partial charge >= 0.3 is 12.0 Å². The van der Waals surface area contributed by atoms with Crippen LogP contribution in [0.15, 0.2) is 30.3 Å². The fourth-order valence-corrected chi connectivity index (χ4v) is 5.75. The number of urea groups is 1. The molecule has 0 saturated heterocycles. The smallest absolute Gasteiger partial charge is 0.326 e. The van der Waals surface area contributed by atoms with E-state index in [1.165, 1.54) is 19.3 Å². The maximum atomic E-state index is 12.5. The van der Waals surface area contributed by atoms with Gasteiger partial charge in [0.15, 0.2) is 0 Å². The van der Waals surface area contributed by atoms with Crippen molar-refractivity contribution in [2.24, 2.45) is 17.8 Å². The van der Waals surface area contributed by atoms with E-state index < -0.39 is 12.0 Å². The molecular weight excluding hydrogens is 316 g/mol. The summed E-state index contributed by atoms with van der Waals surface area (Å²) < 4.78 is 0. The van der Waals surface area contributed by atoms with Crippen molar-refractivity contribution in [3.63, 3.8) is 0 Å². The Morgan fingerprint density at radius 1 is 1.04 bits per heavy atom. The summed E-state index contributed by atoms with van der Waals surface area (Å²) in [6.07, 6.45) is 7.41. The van der Waals surface area contributed by atoms with E-state index in [2.05, 4.69) is 10.6 Å². The lowest BCUT2D eigenvalue weighted by Gasteiger charge is -2.56. The summed E-state index contributed by atoms with van der Waals surface area (Å²) in [4.78, 5) is 24.1. The zero-order chi connectivity index (χ0) is 17.4. The first-order chi connectivity index (χ1) is 12.0. The maximum absolute atomic E-state index is 12.5. The van der Waals surface area contributed by atoms with Crippen molar-refractivity contribution >= 4 is 12.0 Å². The number of aliphatic carboxylic acids is 1. The van der Waals surface area contributed by atoms with Gasteiger partial charge in [0.1, 0.15) is 6.04 Å². The molecule has 4 bridgehead atoms. The van der Waals surface area contributed by atoms with Crippen molar-refractivity contribution in [3.05, 3.63) is 35.9 Å². The molecule has 1 aromatic carbocycles. The lowest BCUT2D eigenvalue weighted by Crippen LogP contribution is -2.62. The number of carbonyl (C=O) groups excluding carboxylic acids is 1. The maximum Gasteiger partial charge on any atom is 0.326 e. The van der Waals surface area contributed by atoms with Gasteiger partial charge in [-0.1, -0.05) is 30.3 Å². The predicted octanol–water partition coefficient (Wildman–Crippen LogP) is 2.95. The molecule has 4 aliphatic rings. The first-order valence-corrected chi connectivity index (χ1v) is 9.37. The van der Waals surface area contributed by atoms with Crippen LogP contribution >= 0.6 is 0 Å². The summed E-state index contributed by atoms with van der Waals surface area (Å²) in [6.45, 7) is 0. The number of benzene rings is 1. The summed E-state index contributed by atoms with van der Waals surface area (Å²) in [5.74, 6) is 1.23. The molecule has 25 heavy (non-hydrogen) atoms. The van der Waals surface area contributed by atoms with Crippen LogP contribution in [-0.2, 0) is 11.2 Å². The van der Waals surface area contributed by atoms with E-state index in [9.17, 15) is 14.7 Å². The summed E-state index contributed by atoms with van der Waals surface area (Å²) in [5, 5.41) is 15.3. The number of rotatable bonds is 5. The summed E-state index contributed by atoms with van der Waals surface area (Å²) in [5.41, 5.74) is 0.805. The van der Waals surface area contributed by atoms with E-state index in [1.807, 2.05) is 30.3 Å². The number of carbonyl (C=O) groups is 2. The Hall–Kier alpha value is -2.04. The Morgan fingerprint density at radius 2 is 1.60 bits per heavy atom. The molecule has 0 aromatic heterocycles. The molecule has 5 heteroatoms. The minimum Gasteiger partial charge on any atom is -0.480 e. The van der Waals surface area contributed by atoms with Gasteiger partial charge in [-0.2, -0.15) is 0 Å². The van der Waals surface area contributed by atoms with Crippen molar-refractivity contribution in [2.45, 2.75) is 56.5 Å². The van der Waals surface area contributed by atoms with E-state index >= 15 is 0 Å². The monoisotopic (exact) mass is 342 g/mol. The van der Waals surface area contributed by atoms with Gasteiger partial charge in [-0.3, -0.25) is 0 Å². The molecule has 0 radical (unpaired) electrons. The highest BCUT2D eigenvalue weighted by atomic mass is 16.4. The molecule has 134 valence electrons. The van der Waals surface area contributed by atoms with Crippen LogP contribution in [0.25, 0.3) is 0 Å². The molecule has 0 unspecified atom stereocenters. The summed E-state index contributed by atoms with van der Waals surface area (Å²) in [6, 6.07) is 8.19. The average Bonchev–Trinajstić information content (AvgIpc) is 2.53. The third-order valence-corrected chi connectivity index (χ3v) is 6.30. The van der Waals surface area contributed by atoms with E-state index in [4.69, 9.17) is 0 Å². The van der Waals surface area contributed by atoms with Crippen molar-refractivity contribution < 1.29 is 14.7 Å². The van der Waals surface area contributed by atoms with E-state index in [-0.39, 0.29) is 11.6 Å². The normalized spacial score (nSPS) is 33.7. The highest BCUT2D eigenvalue weighted by Gasteiger charge is 2.51. The van der Waals surface area contributed by atoms with E-state index in [1.54, 1.807) is 0 Å². The fourth-order valence-electron chi connectivity index (χ4n) is 5.75. The molecule has 0 aliphatic heterocycles. The van der Waals surface area contributed by atoms with Gasteiger partial charge in [0.25, 0.3) is 0 Å². The Labute approximate surface area is 148 Å². The van der Waals surface area contributed by atoms with Crippen LogP contribution in [-0.4, -0.2) is 28.7 Å². The SMILES string of the molecule is O=C(N[C@H](Cc1ccccc1)C(=O)O)NC12CC3CC(CC(C3)C1)C2. The van der Waals surface area contributed by atoms with Crippen molar-refractivity contribution in [1.29, 1.82) is 0 Å². The molecule has 4 saturated carbocycles. The molecule has 3 N–H and O–H groups in total. The zero-order valence-electron chi connectivity index (χ0n) is 14.4. The Kier molecular flexibility index (Phi) is 4.18. The van der Waals surface area contributed by atoms with Crippen LogP contribution in [0.3, 0.4) is 0 Å². The molecular formula is C20H26N2O3. The van der Waals surface area contributed by atoms with Crippen LogP contribution in [0.4, 0.5) is 4.79 Å². The highest BCUT2D eigenvalue weighted by molar-refractivity contribution is 5.83. The second-order valence-corrected chi connectivity index (χ2v) is 8.38. The lowest BCUT2D eigenvalue weighted by atomic mass is 9.53. The molecule has 5 nitrogen and oxygen atoms in total. The third kappa shape index (κ3) is 3.51. The van der Waals surface area contributed by atoms with Gasteiger partial charge in [-0.25, -0.2) is 9.59 Å². The lowest BCUT2D eigenvalue weighted by molar-refractivity contribution is -0.139. The second kappa shape index (κ2) is 6.36. The minimum atomic E-state index is -0.996. The molecule has 0 spiro atoms. The predicted molar refractivity (Wildman–Crippen MR) is 94.1 cm³/mol. The largest absolute Gasteiger partial charge is 0.480 e. The molecule has 2 amide bonds. The van der Waals surface area contributed by atoms with Crippen LogP contribution in [0, 0.1) is 17.8 Å². The van der Waals surface area contributed by atoms with E-state index in [0.717, 1.165) is 42.6 Å². The molecule has 5 rings (SSSR count). The van der Waals surface area contributed by atoms with Crippen LogP contribution in [0.2, 0.25) is 0 Å². The minimum absolute atomic E-state index is 0.103. The van der Waals surface area contributed by atoms with Crippen molar-refractivity contribution in [1.82, 2.24) is 10.6 Å². The number of hydrogen-bond acceptors (Lipinski definition) is 2. The number of nitrogens with one attached hydrogen (secondary N) is 2. The van der Waals surface area contributed by atoms with E-state index in [0.29, 0.717) is 6.42 Å². The van der Waals surface area contributed by atoms with Crippen LogP contribution < -0.4 is 10.6 Å². The Bertz CT molecular complexity index is 623. The second-order valence-electron chi connectivity index (χ2n) is 8.38. The van der Waals surface area contributed by atoms with Gasteiger partial charge in [-0.05, 0) is 61.8 Å². The highest BCUT2D eigenvalue weighted by Crippen LogP contribution is 2.55. The van der Waals surface area contributed by atoms with Gasteiger partial charge < -0.3 is 15.7 Å². The van der Waals surface area contributed by atoms with Gasteiger partial charge in [-0.15, -0.1) is 0 Å². The standard InChI is InChI=1S/C20H26N2O3/c23-18(24)17(9-13-4-2-1-3-5-13)21-19(25)22-20-10-14-6-15(11-20)8-16(7-14)12-20/h1-5,14-17H,6-12H2,(H,23,24)(H2,21,22,25)/t14?,15?,16?,17-,20?/m1/s1. The quantitative estimate of drug-likeness (QED) is 0.770. The Balaban J connectivity index is 1.39. The molecule has 4 fully saturated rings. The molecule has 0 heterocycles. The van der Waals surface area contributed by atoms with Crippen LogP contribution in [0.5, 0.6) is 0 Å². The van der Waals surface area contributed by atoms with Gasteiger partial charge in [0.05, 0.1) is 0 Å². The number of carboxylic acids is 1. The third-order valence-electron chi connectivity index (χ3n) is 6.30. The molecule has 1 atom stereocenters. The number of amides is 2. The summed E-state index contributed by atoms with van der Waals surface area (Å²) in [7, 11) is 0. The zero-order valence-corrected chi connectivity index (χ0v) is 14.4. The number of carboxylic acid groups (broad SMARTS) is 1. The number of hydrogen-bond donors (Lipinski definition) is 3. The first-order valence-electron chi connectivity index (χ1n) is 9.37. The van der Waals surface area contributed by atoms with Crippen molar-refractivity contribution in [3.8, 4) is 0 Å². The van der Waals surface area contributed by atoms with Crippen LogP contribution in [0.1, 0.15) is 44.1 Å². The molecule has 1 aromatic rings. The first kappa shape index (κ1) is 16.4.